The Morgan fingerprint density at radius 3 is 2.47 bits per heavy atom. The number of carbonyl (C=O) groups is 1. The van der Waals surface area contributed by atoms with Crippen LogP contribution in [0.5, 0.6) is 0 Å². The van der Waals surface area contributed by atoms with Gasteiger partial charge in [-0.1, -0.05) is 33.1 Å². The van der Waals surface area contributed by atoms with Crippen LogP contribution in [0.1, 0.15) is 52.4 Å². The van der Waals surface area contributed by atoms with Gasteiger partial charge in [-0.2, -0.15) is 11.8 Å². The lowest BCUT2D eigenvalue weighted by atomic mass is 10.0. The van der Waals surface area contributed by atoms with Gasteiger partial charge in [0, 0.05) is 18.2 Å². The molecule has 2 N–H and O–H groups in total. The van der Waals surface area contributed by atoms with Crippen molar-refractivity contribution in [2.75, 3.05) is 31.6 Å². The SMILES string of the molecule is CCCCCNC(=O)C(CCCCNC)CSCC. The van der Waals surface area contributed by atoms with Crippen molar-refractivity contribution in [3.63, 3.8) is 0 Å². The van der Waals surface area contributed by atoms with Gasteiger partial charge in [0.05, 0.1) is 0 Å². The Hall–Kier alpha value is -0.220. The molecule has 0 bridgehead atoms. The largest absolute Gasteiger partial charge is 0.356 e. The lowest BCUT2D eigenvalue weighted by molar-refractivity contribution is -0.124. The molecule has 0 aliphatic carbocycles. The summed E-state index contributed by atoms with van der Waals surface area (Å²) in [6, 6.07) is 0. The van der Waals surface area contributed by atoms with Crippen LogP contribution >= 0.6 is 11.8 Å². The zero-order valence-electron chi connectivity index (χ0n) is 13.0. The fraction of sp³-hybridized carbons (Fsp3) is 0.933. The van der Waals surface area contributed by atoms with Crippen molar-refractivity contribution in [3.8, 4) is 0 Å². The van der Waals surface area contributed by atoms with Crippen molar-refractivity contribution in [3.05, 3.63) is 0 Å². The summed E-state index contributed by atoms with van der Waals surface area (Å²) in [5, 5.41) is 6.26. The number of nitrogens with one attached hydrogen (secondary N) is 2. The Labute approximate surface area is 123 Å². The number of carbonyl (C=O) groups excluding carboxylic acids is 1. The molecule has 0 aliphatic rings. The van der Waals surface area contributed by atoms with E-state index in [2.05, 4.69) is 24.5 Å². The number of hydrogen-bond donors (Lipinski definition) is 2. The summed E-state index contributed by atoms with van der Waals surface area (Å²) >= 11 is 1.88. The Balaban J connectivity index is 3.89. The highest BCUT2D eigenvalue weighted by molar-refractivity contribution is 7.99. The van der Waals surface area contributed by atoms with Gasteiger partial charge in [0.1, 0.15) is 0 Å². The third-order valence-electron chi connectivity index (χ3n) is 3.20. The molecule has 1 atom stereocenters. The van der Waals surface area contributed by atoms with Crippen molar-refractivity contribution >= 4 is 17.7 Å². The lowest BCUT2D eigenvalue weighted by Gasteiger charge is -2.16. The standard InChI is InChI=1S/C15H32N2OS/c1-4-6-8-12-17-15(18)14(13-19-5-2)10-7-9-11-16-3/h14,16H,4-13H2,1-3H3,(H,17,18). The van der Waals surface area contributed by atoms with E-state index in [0.29, 0.717) is 0 Å². The van der Waals surface area contributed by atoms with Gasteiger partial charge in [0.15, 0.2) is 0 Å². The molecule has 1 unspecified atom stereocenters. The van der Waals surface area contributed by atoms with Crippen molar-refractivity contribution in [1.29, 1.82) is 0 Å². The third-order valence-corrected chi connectivity index (χ3v) is 4.25. The number of rotatable bonds is 13. The summed E-state index contributed by atoms with van der Waals surface area (Å²) in [5.74, 6) is 2.52. The van der Waals surface area contributed by atoms with E-state index in [1.165, 1.54) is 12.8 Å². The number of amides is 1. The van der Waals surface area contributed by atoms with Crippen LogP contribution in [0.15, 0.2) is 0 Å². The van der Waals surface area contributed by atoms with E-state index in [-0.39, 0.29) is 11.8 Å². The van der Waals surface area contributed by atoms with Crippen LogP contribution < -0.4 is 10.6 Å². The van der Waals surface area contributed by atoms with E-state index in [4.69, 9.17) is 0 Å². The highest BCUT2D eigenvalue weighted by Gasteiger charge is 2.17. The van der Waals surface area contributed by atoms with E-state index < -0.39 is 0 Å². The van der Waals surface area contributed by atoms with Gasteiger partial charge in [-0.3, -0.25) is 4.79 Å². The van der Waals surface area contributed by atoms with Crippen LogP contribution in [-0.2, 0) is 4.79 Å². The minimum absolute atomic E-state index is 0.198. The molecule has 0 heterocycles. The Morgan fingerprint density at radius 1 is 1.11 bits per heavy atom. The van der Waals surface area contributed by atoms with Gasteiger partial charge >= 0.3 is 0 Å². The van der Waals surface area contributed by atoms with Crippen LogP contribution in [-0.4, -0.2) is 37.6 Å². The molecule has 1 amide bonds. The molecule has 0 aliphatic heterocycles. The molecule has 114 valence electrons. The molecule has 0 saturated heterocycles. The highest BCUT2D eigenvalue weighted by Crippen LogP contribution is 2.15. The first kappa shape index (κ1) is 18.8. The number of unbranched alkanes of at least 4 members (excludes halogenated alkanes) is 3. The predicted molar refractivity (Wildman–Crippen MR) is 86.8 cm³/mol. The highest BCUT2D eigenvalue weighted by atomic mass is 32.2. The summed E-state index contributed by atoms with van der Waals surface area (Å²) in [7, 11) is 1.98. The van der Waals surface area contributed by atoms with Crippen LogP contribution in [0.2, 0.25) is 0 Å². The van der Waals surface area contributed by atoms with Gasteiger partial charge in [0.25, 0.3) is 0 Å². The first-order valence-corrected chi connectivity index (χ1v) is 8.91. The van der Waals surface area contributed by atoms with Crippen LogP contribution in [0, 0.1) is 5.92 Å². The first-order valence-electron chi connectivity index (χ1n) is 7.76. The van der Waals surface area contributed by atoms with E-state index in [9.17, 15) is 4.79 Å². The smallest absolute Gasteiger partial charge is 0.223 e. The summed E-state index contributed by atoms with van der Waals surface area (Å²) < 4.78 is 0. The van der Waals surface area contributed by atoms with Crippen LogP contribution in [0.4, 0.5) is 0 Å². The normalized spacial score (nSPS) is 12.4. The minimum Gasteiger partial charge on any atom is -0.356 e. The zero-order valence-corrected chi connectivity index (χ0v) is 13.8. The molecule has 3 nitrogen and oxygen atoms in total. The van der Waals surface area contributed by atoms with Crippen molar-refractivity contribution < 1.29 is 4.79 Å². The molecular formula is C15H32N2OS. The van der Waals surface area contributed by atoms with Crippen molar-refractivity contribution in [2.45, 2.75) is 52.4 Å². The average molecular weight is 289 g/mol. The molecule has 0 spiro atoms. The molecule has 0 aromatic carbocycles. The quantitative estimate of drug-likeness (QED) is 0.512. The van der Waals surface area contributed by atoms with Gasteiger partial charge in [-0.25, -0.2) is 0 Å². The summed E-state index contributed by atoms with van der Waals surface area (Å²) in [6.45, 7) is 6.23. The number of hydrogen-bond acceptors (Lipinski definition) is 3. The van der Waals surface area contributed by atoms with E-state index in [0.717, 1.165) is 50.3 Å². The van der Waals surface area contributed by atoms with Crippen molar-refractivity contribution in [1.82, 2.24) is 10.6 Å². The Kier molecular flexibility index (Phi) is 14.0. The summed E-state index contributed by atoms with van der Waals surface area (Å²) in [5.41, 5.74) is 0. The number of thioether (sulfide) groups is 1. The second-order valence-corrected chi connectivity index (χ2v) is 6.27. The fourth-order valence-electron chi connectivity index (χ4n) is 1.97. The molecule has 0 aromatic heterocycles. The molecule has 0 aromatic rings. The second kappa shape index (κ2) is 14.2. The third kappa shape index (κ3) is 11.3. The maximum absolute atomic E-state index is 12.1. The first-order chi connectivity index (χ1) is 9.26. The Morgan fingerprint density at radius 2 is 1.84 bits per heavy atom. The van der Waals surface area contributed by atoms with Gasteiger partial charge < -0.3 is 10.6 Å². The van der Waals surface area contributed by atoms with Crippen LogP contribution in [0.25, 0.3) is 0 Å². The fourth-order valence-corrected chi connectivity index (χ4v) is 2.81. The molecular weight excluding hydrogens is 256 g/mol. The van der Waals surface area contributed by atoms with Crippen molar-refractivity contribution in [2.24, 2.45) is 5.92 Å². The molecule has 0 radical (unpaired) electrons. The molecule has 19 heavy (non-hydrogen) atoms. The van der Waals surface area contributed by atoms with E-state index >= 15 is 0 Å². The predicted octanol–water partition coefficient (Wildman–Crippen LogP) is 3.05. The molecule has 0 saturated carbocycles. The van der Waals surface area contributed by atoms with Crippen LogP contribution in [0.3, 0.4) is 0 Å². The van der Waals surface area contributed by atoms with Gasteiger partial charge in [-0.15, -0.1) is 0 Å². The van der Waals surface area contributed by atoms with E-state index in [1.807, 2.05) is 18.8 Å². The maximum Gasteiger partial charge on any atom is 0.223 e. The van der Waals surface area contributed by atoms with Gasteiger partial charge in [-0.05, 0) is 38.6 Å². The molecule has 4 heteroatoms. The summed E-state index contributed by atoms with van der Waals surface area (Å²) in [4.78, 5) is 12.1. The summed E-state index contributed by atoms with van der Waals surface area (Å²) in [6.07, 6.45) is 6.83. The monoisotopic (exact) mass is 288 g/mol. The maximum atomic E-state index is 12.1. The zero-order chi connectivity index (χ0) is 14.3. The minimum atomic E-state index is 0.198. The van der Waals surface area contributed by atoms with E-state index in [1.54, 1.807) is 0 Å². The topological polar surface area (TPSA) is 41.1 Å². The van der Waals surface area contributed by atoms with Gasteiger partial charge in [0.2, 0.25) is 5.91 Å². The second-order valence-electron chi connectivity index (χ2n) is 4.95. The molecule has 0 rings (SSSR count). The Bertz CT molecular complexity index is 212. The molecule has 0 fully saturated rings. The average Bonchev–Trinajstić information content (AvgIpc) is 2.42. The lowest BCUT2D eigenvalue weighted by Crippen LogP contribution is -2.33.